The van der Waals surface area contributed by atoms with Crippen LogP contribution in [0, 0.1) is 0 Å². The maximum Gasteiger partial charge on any atom is 0.348 e. The van der Waals surface area contributed by atoms with E-state index in [1.807, 2.05) is 42.3 Å². The number of rotatable bonds is 4. The smallest absolute Gasteiger partial charge is 0.348 e. The van der Waals surface area contributed by atoms with Gasteiger partial charge in [0.2, 0.25) is 5.95 Å². The van der Waals surface area contributed by atoms with Crippen molar-refractivity contribution in [2.45, 2.75) is 6.54 Å². The van der Waals surface area contributed by atoms with Gasteiger partial charge in [-0.2, -0.15) is 4.98 Å². The molecule has 0 amide bonds. The number of carbonyl (C=O) groups is 1. The molecule has 0 aliphatic heterocycles. The molecule has 0 atom stereocenters. The lowest BCUT2D eigenvalue weighted by molar-refractivity contribution is 0.0606. The Balaban J connectivity index is 2.01. The Kier molecular flexibility index (Phi) is 4.12. The van der Waals surface area contributed by atoms with Crippen LogP contribution in [-0.2, 0) is 11.3 Å². The topological polar surface area (TPSA) is 81.3 Å². The summed E-state index contributed by atoms with van der Waals surface area (Å²) in [5, 5.41) is 0.794. The highest BCUT2D eigenvalue weighted by molar-refractivity contribution is 7.20. The van der Waals surface area contributed by atoms with Crippen molar-refractivity contribution in [1.29, 1.82) is 0 Å². The normalized spacial score (nSPS) is 10.7. The molecule has 7 heteroatoms. The summed E-state index contributed by atoms with van der Waals surface area (Å²) in [5.41, 5.74) is 6.97. The molecule has 3 rings (SSSR count). The molecule has 0 radical (unpaired) electrons. The Morgan fingerprint density at radius 3 is 2.74 bits per heavy atom. The fraction of sp³-hybridized carbons (Fsp3) is 0.188. The fourth-order valence-electron chi connectivity index (χ4n) is 2.35. The molecular weight excluding hydrogens is 312 g/mol. The van der Waals surface area contributed by atoms with Crippen LogP contribution >= 0.6 is 11.3 Å². The van der Waals surface area contributed by atoms with Crippen molar-refractivity contribution < 1.29 is 9.53 Å². The number of nitrogen functional groups attached to an aromatic ring is 1. The van der Waals surface area contributed by atoms with Crippen molar-refractivity contribution in [3.63, 3.8) is 0 Å². The van der Waals surface area contributed by atoms with Crippen molar-refractivity contribution in [2.24, 2.45) is 0 Å². The number of esters is 1. The van der Waals surface area contributed by atoms with E-state index in [-0.39, 0.29) is 11.9 Å². The van der Waals surface area contributed by atoms with E-state index < -0.39 is 0 Å². The Morgan fingerprint density at radius 2 is 2.04 bits per heavy atom. The predicted molar refractivity (Wildman–Crippen MR) is 91.7 cm³/mol. The van der Waals surface area contributed by atoms with E-state index in [0.717, 1.165) is 10.9 Å². The zero-order chi connectivity index (χ0) is 16.4. The van der Waals surface area contributed by atoms with Crippen molar-refractivity contribution in [3.8, 4) is 0 Å². The van der Waals surface area contributed by atoms with Crippen LogP contribution in [0.2, 0.25) is 0 Å². The summed E-state index contributed by atoms with van der Waals surface area (Å²) in [6.07, 6.45) is 0. The SMILES string of the molecule is COC(=O)c1cc2c(N(C)Cc3ccccc3)nc(N)nc2s1. The lowest BCUT2D eigenvalue weighted by Crippen LogP contribution is -2.18. The Labute approximate surface area is 137 Å². The van der Waals surface area contributed by atoms with E-state index in [1.54, 1.807) is 6.07 Å². The molecule has 0 fully saturated rings. The molecular formula is C16H16N4O2S. The summed E-state index contributed by atoms with van der Waals surface area (Å²) in [6, 6.07) is 11.8. The molecule has 3 aromatic rings. The number of carbonyl (C=O) groups excluding carboxylic acids is 1. The van der Waals surface area contributed by atoms with E-state index in [2.05, 4.69) is 9.97 Å². The first-order valence-electron chi connectivity index (χ1n) is 6.99. The first-order chi connectivity index (χ1) is 11.1. The van der Waals surface area contributed by atoms with Crippen LogP contribution in [0.1, 0.15) is 15.2 Å². The maximum absolute atomic E-state index is 11.7. The predicted octanol–water partition coefficient (Wildman–Crippen LogP) is 2.70. The minimum absolute atomic E-state index is 0.186. The largest absolute Gasteiger partial charge is 0.465 e. The molecule has 0 bridgehead atoms. The van der Waals surface area contributed by atoms with Gasteiger partial charge in [-0.15, -0.1) is 11.3 Å². The third-order valence-electron chi connectivity index (χ3n) is 3.40. The molecule has 23 heavy (non-hydrogen) atoms. The number of methoxy groups -OCH3 is 1. The zero-order valence-electron chi connectivity index (χ0n) is 12.8. The second kappa shape index (κ2) is 6.21. The summed E-state index contributed by atoms with van der Waals surface area (Å²) in [7, 11) is 3.29. The van der Waals surface area contributed by atoms with Crippen molar-refractivity contribution >= 4 is 39.3 Å². The molecule has 0 unspecified atom stereocenters. The number of aromatic nitrogens is 2. The number of thiophene rings is 1. The Hall–Kier alpha value is -2.67. The average molecular weight is 328 g/mol. The molecule has 0 saturated carbocycles. The minimum atomic E-state index is -0.386. The van der Waals surface area contributed by atoms with Crippen LogP contribution in [0.15, 0.2) is 36.4 Å². The maximum atomic E-state index is 11.7. The Bertz CT molecular complexity index is 848. The number of fused-ring (bicyclic) bond motifs is 1. The van der Waals surface area contributed by atoms with Gasteiger partial charge in [-0.25, -0.2) is 9.78 Å². The third kappa shape index (κ3) is 3.09. The van der Waals surface area contributed by atoms with Gasteiger partial charge in [0.15, 0.2) is 0 Å². The van der Waals surface area contributed by atoms with Crippen LogP contribution < -0.4 is 10.6 Å². The van der Waals surface area contributed by atoms with Crippen molar-refractivity contribution in [1.82, 2.24) is 9.97 Å². The van der Waals surface area contributed by atoms with E-state index in [9.17, 15) is 4.79 Å². The standard InChI is InChI=1S/C16H16N4O2S/c1-20(9-10-6-4-3-5-7-10)13-11-8-12(15(21)22-2)23-14(11)19-16(17)18-13/h3-8H,9H2,1-2H3,(H2,17,18,19). The van der Waals surface area contributed by atoms with Gasteiger partial charge < -0.3 is 15.4 Å². The second-order valence-corrected chi connectivity index (χ2v) is 6.10. The molecule has 2 heterocycles. The average Bonchev–Trinajstić information content (AvgIpc) is 2.98. The highest BCUT2D eigenvalue weighted by Crippen LogP contribution is 2.32. The van der Waals surface area contributed by atoms with Crippen molar-refractivity contribution in [3.05, 3.63) is 46.8 Å². The van der Waals surface area contributed by atoms with Gasteiger partial charge in [0.1, 0.15) is 15.5 Å². The van der Waals surface area contributed by atoms with Crippen LogP contribution in [0.3, 0.4) is 0 Å². The quantitative estimate of drug-likeness (QED) is 0.742. The van der Waals surface area contributed by atoms with E-state index in [4.69, 9.17) is 10.5 Å². The zero-order valence-corrected chi connectivity index (χ0v) is 13.6. The second-order valence-electron chi connectivity index (χ2n) is 5.07. The summed E-state index contributed by atoms with van der Waals surface area (Å²) in [6.45, 7) is 0.676. The molecule has 118 valence electrons. The molecule has 2 aromatic heterocycles. The molecule has 0 spiro atoms. The number of hydrogen-bond acceptors (Lipinski definition) is 7. The summed E-state index contributed by atoms with van der Waals surface area (Å²) in [5.74, 6) is 0.497. The van der Waals surface area contributed by atoms with Gasteiger partial charge >= 0.3 is 5.97 Å². The van der Waals surface area contributed by atoms with Gasteiger partial charge in [0.05, 0.1) is 12.5 Å². The summed E-state index contributed by atoms with van der Waals surface area (Å²) >= 11 is 1.25. The van der Waals surface area contributed by atoms with Gasteiger partial charge in [0.25, 0.3) is 0 Å². The fourth-order valence-corrected chi connectivity index (χ4v) is 3.30. The van der Waals surface area contributed by atoms with Crippen LogP contribution in [0.25, 0.3) is 10.2 Å². The number of nitrogens with zero attached hydrogens (tertiary/aromatic N) is 3. The molecule has 2 N–H and O–H groups in total. The van der Waals surface area contributed by atoms with Gasteiger partial charge in [-0.3, -0.25) is 0 Å². The van der Waals surface area contributed by atoms with Crippen molar-refractivity contribution in [2.75, 3.05) is 24.8 Å². The first-order valence-corrected chi connectivity index (χ1v) is 7.80. The minimum Gasteiger partial charge on any atom is -0.465 e. The van der Waals surface area contributed by atoms with E-state index >= 15 is 0 Å². The Morgan fingerprint density at radius 1 is 1.30 bits per heavy atom. The number of ether oxygens (including phenoxy) is 1. The molecule has 0 saturated heterocycles. The monoisotopic (exact) mass is 328 g/mol. The molecule has 0 aliphatic carbocycles. The highest BCUT2D eigenvalue weighted by Gasteiger charge is 2.17. The van der Waals surface area contributed by atoms with Gasteiger partial charge in [-0.05, 0) is 11.6 Å². The number of anilines is 2. The third-order valence-corrected chi connectivity index (χ3v) is 4.41. The van der Waals surface area contributed by atoms with Crippen LogP contribution in [0.4, 0.5) is 11.8 Å². The molecule has 0 aliphatic rings. The molecule has 6 nitrogen and oxygen atoms in total. The summed E-state index contributed by atoms with van der Waals surface area (Å²) < 4.78 is 4.77. The lowest BCUT2D eigenvalue weighted by Gasteiger charge is -2.19. The van der Waals surface area contributed by atoms with E-state index in [0.29, 0.717) is 22.1 Å². The van der Waals surface area contributed by atoms with Gasteiger partial charge in [0, 0.05) is 13.6 Å². The van der Waals surface area contributed by atoms with Crippen LogP contribution in [0.5, 0.6) is 0 Å². The lowest BCUT2D eigenvalue weighted by atomic mass is 10.2. The summed E-state index contributed by atoms with van der Waals surface area (Å²) in [4.78, 5) is 23.4. The number of benzene rings is 1. The van der Waals surface area contributed by atoms with E-state index in [1.165, 1.54) is 18.4 Å². The molecule has 1 aromatic carbocycles. The first kappa shape index (κ1) is 15.2. The number of nitrogens with two attached hydrogens (primary N) is 1. The highest BCUT2D eigenvalue weighted by atomic mass is 32.1. The number of hydrogen-bond donors (Lipinski definition) is 1. The van der Waals surface area contributed by atoms with Gasteiger partial charge in [-0.1, -0.05) is 30.3 Å². The van der Waals surface area contributed by atoms with Crippen LogP contribution in [-0.4, -0.2) is 30.1 Å².